The molecular formula is C14H30N2O. The van der Waals surface area contributed by atoms with Crippen molar-refractivity contribution in [2.45, 2.75) is 52.5 Å². The van der Waals surface area contributed by atoms with Gasteiger partial charge >= 0.3 is 0 Å². The summed E-state index contributed by atoms with van der Waals surface area (Å²) < 4.78 is 0. The normalized spacial score (nSPS) is 28.6. The Bertz CT molecular complexity index is 212. The van der Waals surface area contributed by atoms with Crippen molar-refractivity contribution in [3.63, 3.8) is 0 Å². The molecule has 1 aliphatic carbocycles. The summed E-state index contributed by atoms with van der Waals surface area (Å²) >= 11 is 0. The molecule has 1 rings (SSSR count). The first-order chi connectivity index (χ1) is 7.98. The summed E-state index contributed by atoms with van der Waals surface area (Å²) in [5.74, 6) is 0.594. The molecule has 1 saturated carbocycles. The number of hydrogen-bond acceptors (Lipinski definition) is 3. The Kier molecular flexibility index (Phi) is 5.90. The van der Waals surface area contributed by atoms with Crippen LogP contribution in [0.25, 0.3) is 0 Å². The van der Waals surface area contributed by atoms with Gasteiger partial charge in [-0.25, -0.2) is 0 Å². The van der Waals surface area contributed by atoms with Crippen molar-refractivity contribution in [3.8, 4) is 0 Å². The van der Waals surface area contributed by atoms with Crippen LogP contribution in [-0.2, 0) is 0 Å². The van der Waals surface area contributed by atoms with E-state index in [1.165, 1.54) is 12.8 Å². The minimum absolute atomic E-state index is 0.255. The van der Waals surface area contributed by atoms with Gasteiger partial charge in [-0.05, 0) is 43.6 Å². The molecular weight excluding hydrogens is 212 g/mol. The van der Waals surface area contributed by atoms with Gasteiger partial charge < -0.3 is 15.7 Å². The fourth-order valence-electron chi connectivity index (χ4n) is 3.04. The summed E-state index contributed by atoms with van der Waals surface area (Å²) in [6, 6.07) is 0.348. The molecule has 2 unspecified atom stereocenters. The van der Waals surface area contributed by atoms with E-state index in [2.05, 4.69) is 25.7 Å². The zero-order valence-electron chi connectivity index (χ0n) is 11.8. The third-order valence-corrected chi connectivity index (χ3v) is 4.02. The molecule has 17 heavy (non-hydrogen) atoms. The Labute approximate surface area is 106 Å². The highest BCUT2D eigenvalue weighted by atomic mass is 16.3. The summed E-state index contributed by atoms with van der Waals surface area (Å²) in [7, 11) is 0. The first-order valence-corrected chi connectivity index (χ1v) is 7.07. The lowest BCUT2D eigenvalue weighted by Gasteiger charge is -2.41. The molecule has 3 nitrogen and oxygen atoms in total. The van der Waals surface area contributed by atoms with E-state index in [-0.39, 0.29) is 6.61 Å². The SMILES string of the molecule is CCCN(CCO)CC1CC(C)(C)CCC1N. The maximum atomic E-state index is 9.09. The third-order valence-electron chi connectivity index (χ3n) is 4.02. The summed E-state index contributed by atoms with van der Waals surface area (Å²) in [5, 5.41) is 9.09. The van der Waals surface area contributed by atoms with Crippen LogP contribution in [-0.4, -0.2) is 42.3 Å². The highest BCUT2D eigenvalue weighted by molar-refractivity contribution is 4.88. The predicted octanol–water partition coefficient (Wildman–Crippen LogP) is 1.84. The number of nitrogens with two attached hydrogens (primary N) is 1. The van der Waals surface area contributed by atoms with E-state index in [0.717, 1.165) is 32.5 Å². The van der Waals surface area contributed by atoms with Gasteiger partial charge in [-0.15, -0.1) is 0 Å². The van der Waals surface area contributed by atoms with E-state index in [4.69, 9.17) is 10.8 Å². The van der Waals surface area contributed by atoms with Gasteiger partial charge in [0.15, 0.2) is 0 Å². The van der Waals surface area contributed by atoms with Gasteiger partial charge in [-0.3, -0.25) is 0 Å². The van der Waals surface area contributed by atoms with Crippen LogP contribution in [0, 0.1) is 11.3 Å². The maximum absolute atomic E-state index is 9.09. The second-order valence-corrected chi connectivity index (χ2v) is 6.36. The standard InChI is InChI=1S/C14H30N2O/c1-4-7-16(8-9-17)11-12-10-14(2,3)6-5-13(12)15/h12-13,17H,4-11,15H2,1-3H3. The fourth-order valence-corrected chi connectivity index (χ4v) is 3.04. The van der Waals surface area contributed by atoms with E-state index < -0.39 is 0 Å². The molecule has 0 aliphatic heterocycles. The van der Waals surface area contributed by atoms with Gasteiger partial charge in [0.2, 0.25) is 0 Å². The Balaban J connectivity index is 2.50. The van der Waals surface area contributed by atoms with Crippen LogP contribution in [0.4, 0.5) is 0 Å². The number of rotatable bonds is 6. The van der Waals surface area contributed by atoms with Gasteiger partial charge in [0.1, 0.15) is 0 Å². The first kappa shape index (κ1) is 14.9. The average molecular weight is 242 g/mol. The summed E-state index contributed by atoms with van der Waals surface area (Å²) in [4.78, 5) is 2.37. The Morgan fingerprint density at radius 2 is 2.06 bits per heavy atom. The van der Waals surface area contributed by atoms with Crippen molar-refractivity contribution < 1.29 is 5.11 Å². The highest BCUT2D eigenvalue weighted by Gasteiger charge is 2.33. The third kappa shape index (κ3) is 4.94. The molecule has 2 atom stereocenters. The Morgan fingerprint density at radius 3 is 2.65 bits per heavy atom. The number of nitrogens with zero attached hydrogens (tertiary/aromatic N) is 1. The van der Waals surface area contributed by atoms with Crippen LogP contribution >= 0.6 is 0 Å². The van der Waals surface area contributed by atoms with Crippen LogP contribution in [0.5, 0.6) is 0 Å². The predicted molar refractivity (Wildman–Crippen MR) is 72.9 cm³/mol. The number of hydrogen-bond donors (Lipinski definition) is 2. The second-order valence-electron chi connectivity index (χ2n) is 6.36. The molecule has 0 aromatic heterocycles. The maximum Gasteiger partial charge on any atom is 0.0558 e. The Morgan fingerprint density at radius 1 is 1.35 bits per heavy atom. The van der Waals surface area contributed by atoms with Gasteiger partial charge in [0.25, 0.3) is 0 Å². The van der Waals surface area contributed by atoms with Crippen LogP contribution in [0.2, 0.25) is 0 Å². The van der Waals surface area contributed by atoms with E-state index in [0.29, 0.717) is 17.4 Å². The molecule has 0 aromatic rings. The number of aliphatic hydroxyl groups excluding tert-OH is 1. The molecule has 0 bridgehead atoms. The lowest BCUT2D eigenvalue weighted by molar-refractivity contribution is 0.104. The number of aliphatic hydroxyl groups is 1. The van der Waals surface area contributed by atoms with Crippen molar-refractivity contribution >= 4 is 0 Å². The van der Waals surface area contributed by atoms with Crippen molar-refractivity contribution in [1.82, 2.24) is 4.90 Å². The van der Waals surface area contributed by atoms with E-state index >= 15 is 0 Å². The Hall–Kier alpha value is -0.120. The second kappa shape index (κ2) is 6.72. The molecule has 0 aromatic carbocycles. The zero-order chi connectivity index (χ0) is 12.9. The summed E-state index contributed by atoms with van der Waals surface area (Å²) in [5.41, 5.74) is 6.69. The van der Waals surface area contributed by atoms with Crippen LogP contribution < -0.4 is 5.73 Å². The smallest absolute Gasteiger partial charge is 0.0558 e. The molecule has 1 aliphatic rings. The van der Waals surface area contributed by atoms with Crippen molar-refractivity contribution in [1.29, 1.82) is 0 Å². The molecule has 102 valence electrons. The lowest BCUT2D eigenvalue weighted by Crippen LogP contribution is -2.45. The lowest BCUT2D eigenvalue weighted by atomic mass is 9.70. The van der Waals surface area contributed by atoms with Gasteiger partial charge in [-0.2, -0.15) is 0 Å². The largest absolute Gasteiger partial charge is 0.395 e. The van der Waals surface area contributed by atoms with Gasteiger partial charge in [0, 0.05) is 19.1 Å². The van der Waals surface area contributed by atoms with Crippen LogP contribution in [0.1, 0.15) is 46.5 Å². The summed E-state index contributed by atoms with van der Waals surface area (Å²) in [6.45, 7) is 10.1. The van der Waals surface area contributed by atoms with Crippen molar-refractivity contribution in [3.05, 3.63) is 0 Å². The fraction of sp³-hybridized carbons (Fsp3) is 1.00. The molecule has 3 heteroatoms. The van der Waals surface area contributed by atoms with Crippen LogP contribution in [0.3, 0.4) is 0 Å². The molecule has 0 spiro atoms. The highest BCUT2D eigenvalue weighted by Crippen LogP contribution is 2.38. The monoisotopic (exact) mass is 242 g/mol. The van der Waals surface area contributed by atoms with E-state index in [1.54, 1.807) is 0 Å². The molecule has 0 radical (unpaired) electrons. The van der Waals surface area contributed by atoms with E-state index in [1.807, 2.05) is 0 Å². The first-order valence-electron chi connectivity index (χ1n) is 7.07. The van der Waals surface area contributed by atoms with Crippen LogP contribution in [0.15, 0.2) is 0 Å². The summed E-state index contributed by atoms with van der Waals surface area (Å²) in [6.07, 6.45) is 4.76. The zero-order valence-corrected chi connectivity index (χ0v) is 11.8. The van der Waals surface area contributed by atoms with Crippen molar-refractivity contribution in [2.24, 2.45) is 17.1 Å². The average Bonchev–Trinajstić information content (AvgIpc) is 2.24. The molecule has 1 fully saturated rings. The molecule has 0 heterocycles. The van der Waals surface area contributed by atoms with Gasteiger partial charge in [-0.1, -0.05) is 20.8 Å². The van der Waals surface area contributed by atoms with E-state index in [9.17, 15) is 0 Å². The quantitative estimate of drug-likeness (QED) is 0.747. The van der Waals surface area contributed by atoms with Crippen molar-refractivity contribution in [2.75, 3.05) is 26.2 Å². The van der Waals surface area contributed by atoms with Gasteiger partial charge in [0.05, 0.1) is 6.61 Å². The molecule has 0 amide bonds. The topological polar surface area (TPSA) is 49.5 Å². The molecule has 0 saturated heterocycles. The molecule has 3 N–H and O–H groups in total. The minimum atomic E-state index is 0.255. The minimum Gasteiger partial charge on any atom is -0.395 e.